The van der Waals surface area contributed by atoms with Gasteiger partial charge >= 0.3 is 0 Å². The first-order chi connectivity index (χ1) is 15.7. The van der Waals surface area contributed by atoms with Gasteiger partial charge in [0.25, 0.3) is 0 Å². The number of anilines is 1. The van der Waals surface area contributed by atoms with Gasteiger partial charge in [-0.1, -0.05) is 60.7 Å². The summed E-state index contributed by atoms with van der Waals surface area (Å²) in [5.41, 5.74) is 3.05. The van der Waals surface area contributed by atoms with Gasteiger partial charge in [0.2, 0.25) is 11.8 Å². The quantitative estimate of drug-likeness (QED) is 0.513. The molecule has 160 valence electrons. The zero-order chi connectivity index (χ0) is 21.9. The molecule has 5 rings (SSSR count). The summed E-state index contributed by atoms with van der Waals surface area (Å²) in [6.07, 6.45) is 3.93. The summed E-state index contributed by atoms with van der Waals surface area (Å²) in [5.74, 6) is -0.438. The summed E-state index contributed by atoms with van der Waals surface area (Å²) in [4.78, 5) is 27.2. The van der Waals surface area contributed by atoms with Gasteiger partial charge in [0.05, 0.1) is 18.2 Å². The number of nitrogens with one attached hydrogen (secondary N) is 1. The number of carbonyl (C=O) groups excluding carboxylic acids is 2. The van der Waals surface area contributed by atoms with E-state index in [4.69, 9.17) is 0 Å². The van der Waals surface area contributed by atoms with Crippen LogP contribution in [0, 0.1) is 5.92 Å². The Morgan fingerprint density at radius 1 is 0.969 bits per heavy atom. The van der Waals surface area contributed by atoms with Gasteiger partial charge in [-0.2, -0.15) is 5.10 Å². The highest BCUT2D eigenvalue weighted by atomic mass is 16.2. The molecule has 0 radical (unpaired) electrons. The number of rotatable bonds is 6. The Kier molecular flexibility index (Phi) is 5.42. The van der Waals surface area contributed by atoms with Gasteiger partial charge in [0.15, 0.2) is 0 Å². The molecule has 1 fully saturated rings. The van der Waals surface area contributed by atoms with Gasteiger partial charge in [-0.3, -0.25) is 14.3 Å². The van der Waals surface area contributed by atoms with E-state index in [0.717, 1.165) is 27.6 Å². The Morgan fingerprint density at radius 3 is 2.56 bits per heavy atom. The molecule has 6 nitrogen and oxygen atoms in total. The minimum atomic E-state index is -0.347. The highest BCUT2D eigenvalue weighted by Crippen LogP contribution is 2.31. The van der Waals surface area contributed by atoms with E-state index in [1.54, 1.807) is 11.1 Å². The van der Waals surface area contributed by atoms with Crippen LogP contribution in [-0.2, 0) is 22.7 Å². The van der Waals surface area contributed by atoms with Crippen LogP contribution < -0.4 is 10.2 Å². The molecular weight excluding hydrogens is 400 g/mol. The van der Waals surface area contributed by atoms with Crippen LogP contribution in [0.25, 0.3) is 10.8 Å². The number of amides is 2. The second-order valence-electron chi connectivity index (χ2n) is 8.14. The minimum Gasteiger partial charge on any atom is -0.352 e. The molecule has 1 aliphatic heterocycles. The van der Waals surface area contributed by atoms with Crippen molar-refractivity contribution in [3.8, 4) is 0 Å². The van der Waals surface area contributed by atoms with E-state index in [2.05, 4.69) is 10.4 Å². The van der Waals surface area contributed by atoms with Crippen LogP contribution in [0.2, 0.25) is 0 Å². The molecule has 0 aliphatic carbocycles. The fourth-order valence-electron chi connectivity index (χ4n) is 4.24. The molecule has 3 aromatic carbocycles. The zero-order valence-corrected chi connectivity index (χ0v) is 17.6. The van der Waals surface area contributed by atoms with Gasteiger partial charge in [-0.15, -0.1) is 0 Å². The zero-order valence-electron chi connectivity index (χ0n) is 17.6. The molecular formula is C26H24N4O2. The van der Waals surface area contributed by atoms with Crippen molar-refractivity contribution < 1.29 is 9.59 Å². The highest BCUT2D eigenvalue weighted by molar-refractivity contribution is 6.06. The Balaban J connectivity index is 1.21. The number of hydrogen-bond acceptors (Lipinski definition) is 3. The fraction of sp³-hybridized carbons (Fsp3) is 0.192. The highest BCUT2D eigenvalue weighted by Gasteiger charge is 2.35. The van der Waals surface area contributed by atoms with E-state index in [9.17, 15) is 9.59 Å². The molecule has 1 atom stereocenters. The lowest BCUT2D eigenvalue weighted by molar-refractivity contribution is -0.126. The van der Waals surface area contributed by atoms with E-state index in [1.165, 1.54) is 0 Å². The van der Waals surface area contributed by atoms with E-state index < -0.39 is 0 Å². The lowest BCUT2D eigenvalue weighted by Crippen LogP contribution is -2.32. The van der Waals surface area contributed by atoms with Crippen molar-refractivity contribution >= 4 is 28.3 Å². The summed E-state index contributed by atoms with van der Waals surface area (Å²) in [6, 6.07) is 24.0. The van der Waals surface area contributed by atoms with Crippen molar-refractivity contribution in [2.45, 2.75) is 19.5 Å². The molecule has 6 heteroatoms. The van der Waals surface area contributed by atoms with Crippen LogP contribution in [0.5, 0.6) is 0 Å². The van der Waals surface area contributed by atoms with Crippen molar-refractivity contribution in [3.63, 3.8) is 0 Å². The minimum absolute atomic E-state index is 0.00974. The Bertz CT molecular complexity index is 1240. The summed E-state index contributed by atoms with van der Waals surface area (Å²) in [7, 11) is 0. The Morgan fingerprint density at radius 2 is 1.75 bits per heavy atom. The molecule has 0 saturated carbocycles. The molecule has 2 heterocycles. The topological polar surface area (TPSA) is 67.2 Å². The Labute approximate surface area is 186 Å². The van der Waals surface area contributed by atoms with Crippen molar-refractivity contribution in [3.05, 3.63) is 96.3 Å². The number of carbonyl (C=O) groups is 2. The maximum absolute atomic E-state index is 12.8. The van der Waals surface area contributed by atoms with E-state index >= 15 is 0 Å². The van der Waals surface area contributed by atoms with E-state index in [-0.39, 0.29) is 24.2 Å². The van der Waals surface area contributed by atoms with Gasteiger partial charge < -0.3 is 10.2 Å². The van der Waals surface area contributed by atoms with E-state index in [0.29, 0.717) is 19.6 Å². The summed E-state index contributed by atoms with van der Waals surface area (Å²) < 4.78 is 1.87. The average Bonchev–Trinajstić information content (AvgIpc) is 3.47. The summed E-state index contributed by atoms with van der Waals surface area (Å²) in [5, 5.41) is 9.33. The van der Waals surface area contributed by atoms with Crippen molar-refractivity contribution in [1.82, 2.24) is 15.1 Å². The predicted octanol–water partition coefficient (Wildman–Crippen LogP) is 3.75. The number of nitrogens with zero attached hydrogens (tertiary/aromatic N) is 3. The van der Waals surface area contributed by atoms with Crippen molar-refractivity contribution in [2.75, 3.05) is 11.4 Å². The van der Waals surface area contributed by atoms with Gasteiger partial charge in [0, 0.05) is 37.3 Å². The third-order valence-corrected chi connectivity index (χ3v) is 5.95. The summed E-state index contributed by atoms with van der Waals surface area (Å²) in [6.45, 7) is 1.56. The van der Waals surface area contributed by atoms with E-state index in [1.807, 2.05) is 83.7 Å². The maximum Gasteiger partial charge on any atom is 0.227 e. The first-order valence-corrected chi connectivity index (χ1v) is 10.8. The maximum atomic E-state index is 12.8. The third kappa shape index (κ3) is 4.12. The number of hydrogen-bond donors (Lipinski definition) is 1. The third-order valence-electron chi connectivity index (χ3n) is 5.95. The van der Waals surface area contributed by atoms with Crippen LogP contribution in [0.15, 0.2) is 85.2 Å². The number of benzene rings is 3. The van der Waals surface area contributed by atoms with Crippen LogP contribution in [0.4, 0.5) is 5.69 Å². The van der Waals surface area contributed by atoms with Gasteiger partial charge in [-0.05, 0) is 28.6 Å². The lowest BCUT2D eigenvalue weighted by atomic mass is 10.1. The van der Waals surface area contributed by atoms with Crippen LogP contribution in [0.3, 0.4) is 0 Å². The molecule has 4 aromatic rings. The lowest BCUT2D eigenvalue weighted by Gasteiger charge is -2.19. The fourth-order valence-corrected chi connectivity index (χ4v) is 4.24. The van der Waals surface area contributed by atoms with Crippen LogP contribution in [-0.4, -0.2) is 28.1 Å². The van der Waals surface area contributed by atoms with Gasteiger partial charge in [-0.25, -0.2) is 0 Å². The second kappa shape index (κ2) is 8.67. The SMILES string of the molecule is O=C(NCc1ccc(Cn2cccn2)cc1)[C@@H]1CC(=O)N(c2cccc3ccccc23)C1. The largest absolute Gasteiger partial charge is 0.352 e. The second-order valence-corrected chi connectivity index (χ2v) is 8.14. The number of aromatic nitrogens is 2. The standard InChI is InChI=1S/C26H24N4O2/c31-25-15-22(18-30(25)24-8-3-6-21-5-1-2-7-23(21)24)26(32)27-16-19-9-11-20(12-10-19)17-29-14-4-13-28-29/h1-14,22H,15-18H2,(H,27,32)/t22-/m1/s1. The normalized spacial score (nSPS) is 15.9. The van der Waals surface area contributed by atoms with Crippen molar-refractivity contribution in [1.29, 1.82) is 0 Å². The molecule has 1 aromatic heterocycles. The monoisotopic (exact) mass is 424 g/mol. The number of fused-ring (bicyclic) bond motifs is 1. The first-order valence-electron chi connectivity index (χ1n) is 10.8. The van der Waals surface area contributed by atoms with Crippen molar-refractivity contribution in [2.24, 2.45) is 5.92 Å². The summed E-state index contributed by atoms with van der Waals surface area (Å²) >= 11 is 0. The molecule has 2 amide bonds. The average molecular weight is 425 g/mol. The Hall–Kier alpha value is -3.93. The van der Waals surface area contributed by atoms with Crippen LogP contribution >= 0.6 is 0 Å². The molecule has 0 spiro atoms. The molecule has 0 bridgehead atoms. The molecule has 1 saturated heterocycles. The van der Waals surface area contributed by atoms with Crippen LogP contribution in [0.1, 0.15) is 17.5 Å². The first kappa shape index (κ1) is 20.0. The molecule has 1 N–H and O–H groups in total. The molecule has 32 heavy (non-hydrogen) atoms. The molecule has 1 aliphatic rings. The predicted molar refractivity (Wildman–Crippen MR) is 124 cm³/mol. The smallest absolute Gasteiger partial charge is 0.227 e. The van der Waals surface area contributed by atoms with Gasteiger partial charge in [0.1, 0.15) is 0 Å². The molecule has 0 unspecified atom stereocenters.